The molecule has 1 fully saturated rings. The third kappa shape index (κ3) is 5.49. The second-order valence-corrected chi connectivity index (χ2v) is 9.32. The minimum atomic E-state index is -3.48. The number of carbonyl (C=O) groups excluding carboxylic acids is 2. The summed E-state index contributed by atoms with van der Waals surface area (Å²) in [6, 6.07) is 14.1. The van der Waals surface area contributed by atoms with Gasteiger partial charge < -0.3 is 4.74 Å². The second kappa shape index (κ2) is 8.66. The fraction of sp³-hybridized carbons (Fsp3) is 0.263. The van der Waals surface area contributed by atoms with E-state index < -0.39 is 15.3 Å². The van der Waals surface area contributed by atoms with Gasteiger partial charge in [-0.15, -0.1) is 0 Å². The van der Waals surface area contributed by atoms with Crippen LogP contribution in [0.4, 0.5) is 10.5 Å². The smallest absolute Gasteiger partial charge is 0.286 e. The summed E-state index contributed by atoms with van der Waals surface area (Å²) in [5, 5.41) is 1.54. The first-order chi connectivity index (χ1) is 13.3. The van der Waals surface area contributed by atoms with Crippen LogP contribution >= 0.6 is 11.8 Å². The van der Waals surface area contributed by atoms with Crippen molar-refractivity contribution in [1.82, 2.24) is 5.32 Å². The SMILES string of the molecule is COc1ccc(NS(=O)(=O)CCc2ccc(C[C@H]3SC(=O)NC3=O)cc2)cc1. The van der Waals surface area contributed by atoms with E-state index in [0.29, 0.717) is 24.3 Å². The molecule has 0 radical (unpaired) electrons. The van der Waals surface area contributed by atoms with Crippen LogP contribution in [0.15, 0.2) is 48.5 Å². The van der Waals surface area contributed by atoms with Crippen molar-refractivity contribution in [3.8, 4) is 5.75 Å². The highest BCUT2D eigenvalue weighted by Gasteiger charge is 2.31. The molecule has 0 bridgehead atoms. The Morgan fingerprint density at radius 2 is 1.68 bits per heavy atom. The van der Waals surface area contributed by atoms with Gasteiger partial charge in [-0.25, -0.2) is 8.42 Å². The fourth-order valence-electron chi connectivity index (χ4n) is 2.73. The van der Waals surface area contributed by atoms with Crippen molar-refractivity contribution in [3.05, 3.63) is 59.7 Å². The Labute approximate surface area is 167 Å². The van der Waals surface area contributed by atoms with Crippen LogP contribution < -0.4 is 14.8 Å². The topological polar surface area (TPSA) is 102 Å². The number of anilines is 1. The van der Waals surface area contributed by atoms with Crippen LogP contribution in [0.1, 0.15) is 11.1 Å². The number of imide groups is 1. The maximum Gasteiger partial charge on any atom is 0.286 e. The minimum absolute atomic E-state index is 0.0479. The van der Waals surface area contributed by atoms with Crippen LogP contribution in [-0.2, 0) is 27.7 Å². The van der Waals surface area contributed by atoms with E-state index in [0.717, 1.165) is 22.9 Å². The van der Waals surface area contributed by atoms with Gasteiger partial charge in [0.25, 0.3) is 5.24 Å². The van der Waals surface area contributed by atoms with Crippen LogP contribution in [0.5, 0.6) is 5.75 Å². The van der Waals surface area contributed by atoms with Gasteiger partial charge in [0.05, 0.1) is 18.1 Å². The van der Waals surface area contributed by atoms with E-state index in [9.17, 15) is 18.0 Å². The third-order valence-corrected chi connectivity index (χ3v) is 6.50. The Bertz CT molecular complexity index is 957. The van der Waals surface area contributed by atoms with Crippen molar-refractivity contribution in [2.75, 3.05) is 17.6 Å². The molecule has 0 spiro atoms. The summed E-state index contributed by atoms with van der Waals surface area (Å²) in [5.41, 5.74) is 2.28. The van der Waals surface area contributed by atoms with Crippen LogP contribution in [0, 0.1) is 0 Å². The Balaban J connectivity index is 1.53. The second-order valence-electron chi connectivity index (χ2n) is 6.30. The predicted molar refractivity (Wildman–Crippen MR) is 109 cm³/mol. The van der Waals surface area contributed by atoms with Gasteiger partial charge in [-0.1, -0.05) is 36.0 Å². The molecular formula is C19H20N2O5S2. The van der Waals surface area contributed by atoms with Gasteiger partial charge in [0.1, 0.15) is 5.75 Å². The highest BCUT2D eigenvalue weighted by atomic mass is 32.2. The maximum atomic E-state index is 12.3. The van der Waals surface area contributed by atoms with E-state index in [-0.39, 0.29) is 16.9 Å². The lowest BCUT2D eigenvalue weighted by molar-refractivity contribution is -0.118. The normalized spacial score (nSPS) is 16.7. The molecule has 0 saturated carbocycles. The molecular weight excluding hydrogens is 400 g/mol. The highest BCUT2D eigenvalue weighted by molar-refractivity contribution is 8.15. The van der Waals surface area contributed by atoms with Crippen molar-refractivity contribution in [2.45, 2.75) is 18.1 Å². The summed E-state index contributed by atoms with van der Waals surface area (Å²) in [7, 11) is -1.93. The lowest BCUT2D eigenvalue weighted by atomic mass is 10.1. The molecule has 0 unspecified atom stereocenters. The molecule has 148 valence electrons. The van der Waals surface area contributed by atoms with E-state index in [4.69, 9.17) is 4.74 Å². The van der Waals surface area contributed by atoms with E-state index >= 15 is 0 Å². The van der Waals surface area contributed by atoms with Crippen LogP contribution in [0.3, 0.4) is 0 Å². The maximum absolute atomic E-state index is 12.3. The summed E-state index contributed by atoms with van der Waals surface area (Å²) < 4.78 is 32.1. The first-order valence-corrected chi connectivity index (χ1v) is 11.1. The average Bonchev–Trinajstić information content (AvgIpc) is 2.98. The molecule has 28 heavy (non-hydrogen) atoms. The molecule has 7 nitrogen and oxygen atoms in total. The number of amides is 2. The molecule has 2 aromatic rings. The molecule has 9 heteroatoms. The quantitative estimate of drug-likeness (QED) is 0.681. The average molecular weight is 421 g/mol. The van der Waals surface area contributed by atoms with Gasteiger partial charge in [-0.05, 0) is 48.2 Å². The number of rotatable bonds is 8. The van der Waals surface area contributed by atoms with Crippen molar-refractivity contribution in [2.24, 2.45) is 0 Å². The molecule has 2 amide bonds. The third-order valence-electron chi connectivity index (χ3n) is 4.23. The largest absolute Gasteiger partial charge is 0.497 e. The first kappa shape index (κ1) is 20.2. The number of nitrogens with one attached hydrogen (secondary N) is 2. The molecule has 1 aliphatic rings. The lowest BCUT2D eigenvalue weighted by Gasteiger charge is -2.10. The number of sulfonamides is 1. The van der Waals surface area contributed by atoms with Gasteiger partial charge in [-0.3, -0.25) is 19.6 Å². The number of aryl methyl sites for hydroxylation is 1. The molecule has 0 aromatic heterocycles. The summed E-state index contributed by atoms with van der Waals surface area (Å²) in [4.78, 5) is 22.8. The van der Waals surface area contributed by atoms with Crippen molar-refractivity contribution >= 4 is 38.6 Å². The number of thioether (sulfide) groups is 1. The summed E-state index contributed by atoms with van der Waals surface area (Å²) in [5.74, 6) is 0.337. The number of carbonyl (C=O) groups is 2. The molecule has 1 saturated heterocycles. The molecule has 2 N–H and O–H groups in total. The first-order valence-electron chi connectivity index (χ1n) is 8.58. The van der Waals surface area contributed by atoms with Gasteiger partial charge in [0.15, 0.2) is 0 Å². The Hall–Kier alpha value is -2.52. The van der Waals surface area contributed by atoms with Crippen molar-refractivity contribution < 1.29 is 22.7 Å². The Kier molecular flexibility index (Phi) is 6.25. The highest BCUT2D eigenvalue weighted by Crippen LogP contribution is 2.23. The number of benzene rings is 2. The zero-order valence-corrected chi connectivity index (χ0v) is 16.8. The van der Waals surface area contributed by atoms with E-state index in [1.54, 1.807) is 31.4 Å². The van der Waals surface area contributed by atoms with Crippen molar-refractivity contribution in [1.29, 1.82) is 0 Å². The predicted octanol–water partition coefficient (Wildman–Crippen LogP) is 2.57. The lowest BCUT2D eigenvalue weighted by Crippen LogP contribution is -2.25. The fourth-order valence-corrected chi connectivity index (χ4v) is 4.69. The summed E-state index contributed by atoms with van der Waals surface area (Å²) >= 11 is 0.994. The molecule has 0 aliphatic carbocycles. The van der Waals surface area contributed by atoms with E-state index in [1.165, 1.54) is 0 Å². The van der Waals surface area contributed by atoms with E-state index in [2.05, 4.69) is 10.0 Å². The minimum Gasteiger partial charge on any atom is -0.497 e. The number of methoxy groups -OCH3 is 1. The van der Waals surface area contributed by atoms with Gasteiger partial charge in [-0.2, -0.15) is 0 Å². The van der Waals surface area contributed by atoms with Gasteiger partial charge in [0, 0.05) is 5.69 Å². The number of hydrogen-bond acceptors (Lipinski definition) is 6. The number of hydrogen-bond donors (Lipinski definition) is 2. The molecule has 1 heterocycles. The van der Waals surface area contributed by atoms with Crippen LogP contribution in [0.25, 0.3) is 0 Å². The monoisotopic (exact) mass is 420 g/mol. The Morgan fingerprint density at radius 3 is 2.25 bits per heavy atom. The van der Waals surface area contributed by atoms with E-state index in [1.807, 2.05) is 24.3 Å². The molecule has 1 aliphatic heterocycles. The zero-order valence-electron chi connectivity index (χ0n) is 15.2. The summed E-state index contributed by atoms with van der Waals surface area (Å²) in [6.45, 7) is 0. The van der Waals surface area contributed by atoms with Crippen LogP contribution in [0.2, 0.25) is 0 Å². The molecule has 3 rings (SSSR count). The van der Waals surface area contributed by atoms with Crippen molar-refractivity contribution in [3.63, 3.8) is 0 Å². The molecule has 2 aromatic carbocycles. The molecule has 1 atom stereocenters. The van der Waals surface area contributed by atoms with Gasteiger partial charge in [0.2, 0.25) is 15.9 Å². The van der Waals surface area contributed by atoms with Crippen LogP contribution in [-0.4, -0.2) is 37.7 Å². The van der Waals surface area contributed by atoms with Gasteiger partial charge >= 0.3 is 0 Å². The number of ether oxygens (including phenoxy) is 1. The Morgan fingerprint density at radius 1 is 1.04 bits per heavy atom. The standard InChI is InChI=1S/C19H20N2O5S2/c1-26-16-8-6-15(7-9-16)21-28(24,25)11-10-13-2-4-14(5-3-13)12-17-18(22)20-19(23)27-17/h2-9,17,21H,10-12H2,1H3,(H,20,22,23)/t17-/m1/s1. The zero-order chi connectivity index (χ0) is 20.1. The summed E-state index contributed by atoms with van der Waals surface area (Å²) in [6.07, 6.45) is 0.822.